The Kier molecular flexibility index (Phi) is 4.06. The van der Waals surface area contributed by atoms with Crippen molar-refractivity contribution in [1.29, 1.82) is 0 Å². The highest BCUT2D eigenvalue weighted by Crippen LogP contribution is 2.36. The average molecular weight is 305 g/mol. The van der Waals surface area contributed by atoms with Gasteiger partial charge in [0, 0.05) is 9.79 Å². The predicted molar refractivity (Wildman–Crippen MR) is 84.7 cm³/mol. The maximum absolute atomic E-state index is 9.57. The predicted octanol–water partition coefficient (Wildman–Crippen LogP) is 5.03. The molecular formula is C17H17ClOS. The molecule has 2 aromatic rings. The lowest BCUT2D eigenvalue weighted by atomic mass is 10.1. The van der Waals surface area contributed by atoms with Crippen LogP contribution in [0.25, 0.3) is 0 Å². The van der Waals surface area contributed by atoms with Crippen molar-refractivity contribution in [3.8, 4) is 0 Å². The molecular weight excluding hydrogens is 288 g/mol. The Morgan fingerprint density at radius 3 is 2.65 bits per heavy atom. The highest BCUT2D eigenvalue weighted by molar-refractivity contribution is 7.99. The normalized spacial score (nSPS) is 15.2. The minimum absolute atomic E-state index is 0.480. The summed E-state index contributed by atoms with van der Waals surface area (Å²) in [4.78, 5) is 2.27. The van der Waals surface area contributed by atoms with Gasteiger partial charge in [-0.1, -0.05) is 35.5 Å². The summed E-state index contributed by atoms with van der Waals surface area (Å²) in [6, 6.07) is 12.5. The first kappa shape index (κ1) is 14.0. The van der Waals surface area contributed by atoms with Crippen molar-refractivity contribution in [3.63, 3.8) is 0 Å². The van der Waals surface area contributed by atoms with E-state index in [0.29, 0.717) is 5.02 Å². The van der Waals surface area contributed by atoms with E-state index in [9.17, 15) is 5.11 Å². The molecule has 0 saturated carbocycles. The van der Waals surface area contributed by atoms with Crippen LogP contribution < -0.4 is 0 Å². The van der Waals surface area contributed by atoms with Crippen molar-refractivity contribution in [2.24, 2.45) is 0 Å². The van der Waals surface area contributed by atoms with Crippen LogP contribution in [0.3, 0.4) is 0 Å². The number of hydrogen-bond acceptors (Lipinski definition) is 2. The van der Waals surface area contributed by atoms with E-state index in [2.05, 4.69) is 18.2 Å². The Morgan fingerprint density at radius 2 is 1.90 bits per heavy atom. The van der Waals surface area contributed by atoms with Crippen molar-refractivity contribution in [3.05, 3.63) is 58.1 Å². The smallest absolute Gasteiger partial charge is 0.0762 e. The van der Waals surface area contributed by atoms with Crippen LogP contribution in [-0.4, -0.2) is 5.11 Å². The summed E-state index contributed by atoms with van der Waals surface area (Å²) in [6.45, 7) is 1.75. The summed E-state index contributed by atoms with van der Waals surface area (Å²) in [5.74, 6) is 0. The maximum Gasteiger partial charge on any atom is 0.0762 e. The Balaban J connectivity index is 1.84. The molecule has 1 unspecified atom stereocenters. The van der Waals surface area contributed by atoms with Gasteiger partial charge in [0.25, 0.3) is 0 Å². The molecule has 1 aliphatic rings. The molecule has 1 nitrogen and oxygen atoms in total. The number of aryl methyl sites for hydroxylation is 2. The van der Waals surface area contributed by atoms with Gasteiger partial charge in [0.15, 0.2) is 0 Å². The monoisotopic (exact) mass is 304 g/mol. The van der Waals surface area contributed by atoms with Gasteiger partial charge in [0.2, 0.25) is 0 Å². The van der Waals surface area contributed by atoms with Gasteiger partial charge >= 0.3 is 0 Å². The number of aliphatic hydroxyl groups excluding tert-OH is 1. The Bertz CT molecular complexity index is 637. The molecule has 0 aromatic heterocycles. The first-order chi connectivity index (χ1) is 9.63. The molecule has 0 saturated heterocycles. The van der Waals surface area contributed by atoms with E-state index in [4.69, 9.17) is 11.6 Å². The van der Waals surface area contributed by atoms with Crippen molar-refractivity contribution >= 4 is 23.4 Å². The number of rotatable bonds is 3. The zero-order valence-corrected chi connectivity index (χ0v) is 13.0. The van der Waals surface area contributed by atoms with Crippen LogP contribution in [0.2, 0.25) is 5.02 Å². The molecule has 104 valence electrons. The molecule has 1 N–H and O–H groups in total. The lowest BCUT2D eigenvalue weighted by molar-refractivity contribution is 0.199. The van der Waals surface area contributed by atoms with E-state index < -0.39 is 6.10 Å². The Labute approximate surface area is 129 Å². The molecule has 1 aliphatic carbocycles. The number of halogens is 1. The van der Waals surface area contributed by atoms with E-state index >= 15 is 0 Å². The third kappa shape index (κ3) is 2.88. The van der Waals surface area contributed by atoms with Gasteiger partial charge in [-0.15, -0.1) is 0 Å². The SMILES string of the molecule is CC(O)c1ccc(Sc2ccc3c(c2)CCC3)c(Cl)c1. The zero-order chi connectivity index (χ0) is 14.1. The number of fused-ring (bicyclic) bond motifs is 1. The zero-order valence-electron chi connectivity index (χ0n) is 11.4. The Morgan fingerprint density at radius 1 is 1.10 bits per heavy atom. The summed E-state index contributed by atoms with van der Waals surface area (Å²) in [7, 11) is 0. The van der Waals surface area contributed by atoms with E-state index in [0.717, 1.165) is 10.5 Å². The fourth-order valence-corrected chi connectivity index (χ4v) is 3.79. The first-order valence-corrected chi connectivity index (χ1v) is 8.10. The molecule has 2 aromatic carbocycles. The van der Waals surface area contributed by atoms with Gasteiger partial charge in [-0.05, 0) is 67.1 Å². The fourth-order valence-electron chi connectivity index (χ4n) is 2.60. The second-order valence-electron chi connectivity index (χ2n) is 5.25. The molecule has 20 heavy (non-hydrogen) atoms. The third-order valence-electron chi connectivity index (χ3n) is 3.74. The second kappa shape index (κ2) is 5.80. The first-order valence-electron chi connectivity index (χ1n) is 6.90. The molecule has 0 spiro atoms. The van der Waals surface area contributed by atoms with Crippen LogP contribution in [0.4, 0.5) is 0 Å². The highest BCUT2D eigenvalue weighted by atomic mass is 35.5. The van der Waals surface area contributed by atoms with Crippen molar-refractivity contribution in [1.82, 2.24) is 0 Å². The van der Waals surface area contributed by atoms with Crippen LogP contribution >= 0.6 is 23.4 Å². The summed E-state index contributed by atoms with van der Waals surface area (Å²) in [5, 5.41) is 10.3. The number of aliphatic hydroxyl groups is 1. The van der Waals surface area contributed by atoms with E-state index in [1.807, 2.05) is 18.2 Å². The van der Waals surface area contributed by atoms with Gasteiger partial charge in [-0.2, -0.15) is 0 Å². The molecule has 0 amide bonds. The average Bonchev–Trinajstić information content (AvgIpc) is 2.88. The van der Waals surface area contributed by atoms with Gasteiger partial charge in [0.05, 0.1) is 11.1 Å². The van der Waals surface area contributed by atoms with E-state index in [1.54, 1.807) is 18.7 Å². The quantitative estimate of drug-likeness (QED) is 0.858. The summed E-state index contributed by atoms with van der Waals surface area (Å²) >= 11 is 8.00. The second-order valence-corrected chi connectivity index (χ2v) is 6.77. The van der Waals surface area contributed by atoms with Crippen LogP contribution in [0, 0.1) is 0 Å². The van der Waals surface area contributed by atoms with Gasteiger partial charge < -0.3 is 5.11 Å². The van der Waals surface area contributed by atoms with E-state index in [-0.39, 0.29) is 0 Å². The molecule has 0 aliphatic heterocycles. The van der Waals surface area contributed by atoms with Gasteiger partial charge in [-0.3, -0.25) is 0 Å². The minimum Gasteiger partial charge on any atom is -0.389 e. The van der Waals surface area contributed by atoms with Crippen molar-refractivity contribution < 1.29 is 5.11 Å². The summed E-state index contributed by atoms with van der Waals surface area (Å²) < 4.78 is 0. The standard InChI is InChI=1S/C17H17ClOS/c1-11(19)13-6-8-17(16(18)10-13)20-15-7-5-12-3-2-4-14(12)9-15/h5-11,19H,2-4H2,1H3. The molecule has 1 atom stereocenters. The third-order valence-corrected chi connectivity index (χ3v) is 5.23. The molecule has 3 rings (SSSR count). The summed E-state index contributed by atoms with van der Waals surface area (Å²) in [5.41, 5.74) is 3.82. The van der Waals surface area contributed by atoms with Crippen LogP contribution in [0.1, 0.15) is 36.1 Å². The van der Waals surface area contributed by atoms with Crippen LogP contribution in [-0.2, 0) is 12.8 Å². The van der Waals surface area contributed by atoms with Crippen LogP contribution in [0.15, 0.2) is 46.2 Å². The topological polar surface area (TPSA) is 20.2 Å². The van der Waals surface area contributed by atoms with Crippen molar-refractivity contribution in [2.45, 2.75) is 42.1 Å². The van der Waals surface area contributed by atoms with E-state index in [1.165, 1.54) is 35.3 Å². The van der Waals surface area contributed by atoms with Gasteiger partial charge in [0.1, 0.15) is 0 Å². The molecule has 0 radical (unpaired) electrons. The maximum atomic E-state index is 9.57. The van der Waals surface area contributed by atoms with Crippen molar-refractivity contribution in [2.75, 3.05) is 0 Å². The largest absolute Gasteiger partial charge is 0.389 e. The molecule has 0 bridgehead atoms. The lowest BCUT2D eigenvalue weighted by Gasteiger charge is -2.09. The fraction of sp³-hybridized carbons (Fsp3) is 0.294. The highest BCUT2D eigenvalue weighted by Gasteiger charge is 2.12. The number of benzene rings is 2. The Hall–Kier alpha value is -0.960. The summed E-state index contributed by atoms with van der Waals surface area (Å²) in [6.07, 6.45) is 3.20. The lowest BCUT2D eigenvalue weighted by Crippen LogP contribution is -1.91. The molecule has 3 heteroatoms. The minimum atomic E-state index is -0.480. The number of hydrogen-bond donors (Lipinski definition) is 1. The molecule has 0 heterocycles. The molecule has 0 fully saturated rings. The van der Waals surface area contributed by atoms with Crippen LogP contribution in [0.5, 0.6) is 0 Å². The van der Waals surface area contributed by atoms with Gasteiger partial charge in [-0.25, -0.2) is 0 Å².